The molecule has 27 heavy (non-hydrogen) atoms. The lowest BCUT2D eigenvalue weighted by Gasteiger charge is -2.31. The number of benzene rings is 1. The zero-order chi connectivity index (χ0) is 19.2. The summed E-state index contributed by atoms with van der Waals surface area (Å²) in [6, 6.07) is 7.73. The highest BCUT2D eigenvalue weighted by Crippen LogP contribution is 2.21. The molecule has 144 valence electrons. The average Bonchev–Trinajstić information content (AvgIpc) is 3.22. The van der Waals surface area contributed by atoms with Crippen molar-refractivity contribution in [2.45, 2.75) is 26.2 Å². The van der Waals surface area contributed by atoms with Gasteiger partial charge in [-0.25, -0.2) is 0 Å². The number of aryl methyl sites for hydroxylation is 1. The van der Waals surface area contributed by atoms with Gasteiger partial charge >= 0.3 is 0 Å². The van der Waals surface area contributed by atoms with Crippen LogP contribution in [0, 0.1) is 12.8 Å². The second kappa shape index (κ2) is 8.75. The van der Waals surface area contributed by atoms with Crippen molar-refractivity contribution >= 4 is 11.8 Å². The molecule has 0 spiro atoms. The second-order valence-electron chi connectivity index (χ2n) is 6.93. The molecule has 6 nitrogen and oxygen atoms in total. The fourth-order valence-electron chi connectivity index (χ4n) is 3.48. The van der Waals surface area contributed by atoms with Crippen LogP contribution < -0.4 is 10.1 Å². The van der Waals surface area contributed by atoms with E-state index in [2.05, 4.69) is 11.4 Å². The highest BCUT2D eigenvalue weighted by Gasteiger charge is 2.28. The minimum absolute atomic E-state index is 0.0332. The van der Waals surface area contributed by atoms with Crippen molar-refractivity contribution in [2.75, 3.05) is 26.7 Å². The molecule has 1 aromatic heterocycles. The van der Waals surface area contributed by atoms with Gasteiger partial charge < -0.3 is 19.4 Å². The Balaban J connectivity index is 1.45. The summed E-state index contributed by atoms with van der Waals surface area (Å²) in [7, 11) is 1.66. The van der Waals surface area contributed by atoms with E-state index in [1.807, 2.05) is 19.1 Å². The van der Waals surface area contributed by atoms with Gasteiger partial charge in [-0.1, -0.05) is 17.7 Å². The maximum Gasteiger partial charge on any atom is 0.257 e. The van der Waals surface area contributed by atoms with E-state index in [0.717, 1.165) is 17.7 Å². The van der Waals surface area contributed by atoms with Crippen molar-refractivity contribution in [2.24, 2.45) is 5.92 Å². The lowest BCUT2D eigenvalue weighted by atomic mass is 9.95. The predicted octanol–water partition coefficient (Wildman–Crippen LogP) is 2.81. The van der Waals surface area contributed by atoms with Crippen molar-refractivity contribution in [3.63, 3.8) is 0 Å². The molecule has 6 heteroatoms. The van der Waals surface area contributed by atoms with Gasteiger partial charge in [0.25, 0.3) is 5.91 Å². The van der Waals surface area contributed by atoms with Gasteiger partial charge in [-0.15, -0.1) is 0 Å². The van der Waals surface area contributed by atoms with Crippen LogP contribution in [0.3, 0.4) is 0 Å². The molecule has 2 amide bonds. The molecule has 1 aromatic carbocycles. The van der Waals surface area contributed by atoms with E-state index in [1.165, 1.54) is 18.1 Å². The SMILES string of the molecule is COc1ccc(C)cc1CCNC(=O)C1CCN(C(=O)c2ccoc2)CC1. The number of likely N-dealkylation sites (tertiary alicyclic amines) is 1. The number of methoxy groups -OCH3 is 1. The van der Waals surface area contributed by atoms with Crippen LogP contribution in [0.4, 0.5) is 0 Å². The molecule has 0 atom stereocenters. The standard InChI is InChI=1S/C21H26N2O4/c1-15-3-4-19(26-2)17(13-15)5-9-22-20(24)16-6-10-23(11-7-16)21(25)18-8-12-27-14-18/h3-4,8,12-14,16H,5-7,9-11H2,1-2H3,(H,22,24). The topological polar surface area (TPSA) is 71.8 Å². The van der Waals surface area contributed by atoms with Gasteiger partial charge in [-0.2, -0.15) is 0 Å². The molecule has 0 aliphatic carbocycles. The number of rotatable bonds is 6. The van der Waals surface area contributed by atoms with Gasteiger partial charge in [0.15, 0.2) is 0 Å². The molecule has 0 bridgehead atoms. The number of piperidine rings is 1. The van der Waals surface area contributed by atoms with Crippen molar-refractivity contribution in [3.05, 3.63) is 53.5 Å². The van der Waals surface area contributed by atoms with Crippen LogP contribution in [0.1, 0.15) is 34.3 Å². The number of ether oxygens (including phenoxy) is 1. The summed E-state index contributed by atoms with van der Waals surface area (Å²) >= 11 is 0. The normalized spacial score (nSPS) is 14.8. The third kappa shape index (κ3) is 4.70. The van der Waals surface area contributed by atoms with Crippen molar-refractivity contribution in [1.82, 2.24) is 10.2 Å². The minimum atomic E-state index is -0.0437. The Hall–Kier alpha value is -2.76. The molecule has 1 aliphatic heterocycles. The van der Waals surface area contributed by atoms with Crippen LogP contribution in [0.5, 0.6) is 5.75 Å². The van der Waals surface area contributed by atoms with E-state index in [1.54, 1.807) is 18.1 Å². The van der Waals surface area contributed by atoms with Gasteiger partial charge in [-0.3, -0.25) is 9.59 Å². The van der Waals surface area contributed by atoms with Crippen LogP contribution in [0.25, 0.3) is 0 Å². The summed E-state index contributed by atoms with van der Waals surface area (Å²) < 4.78 is 10.4. The summed E-state index contributed by atoms with van der Waals surface area (Å²) in [6.45, 7) is 3.80. The highest BCUT2D eigenvalue weighted by molar-refractivity contribution is 5.94. The Labute approximate surface area is 159 Å². The zero-order valence-corrected chi connectivity index (χ0v) is 15.9. The predicted molar refractivity (Wildman–Crippen MR) is 102 cm³/mol. The average molecular weight is 370 g/mol. The number of carbonyl (C=O) groups excluding carboxylic acids is 2. The molecule has 1 aliphatic rings. The van der Waals surface area contributed by atoms with Crippen LogP contribution in [0.2, 0.25) is 0 Å². The number of nitrogens with zero attached hydrogens (tertiary/aromatic N) is 1. The second-order valence-corrected chi connectivity index (χ2v) is 6.93. The van der Waals surface area contributed by atoms with Crippen molar-refractivity contribution < 1.29 is 18.7 Å². The number of amides is 2. The van der Waals surface area contributed by atoms with Crippen LogP contribution in [-0.4, -0.2) is 43.5 Å². The Morgan fingerprint density at radius 3 is 2.70 bits per heavy atom. The first-order valence-corrected chi connectivity index (χ1v) is 9.31. The third-order valence-electron chi connectivity index (χ3n) is 5.05. The smallest absolute Gasteiger partial charge is 0.257 e. The summed E-state index contributed by atoms with van der Waals surface area (Å²) in [5.41, 5.74) is 2.83. The lowest BCUT2D eigenvalue weighted by Crippen LogP contribution is -2.43. The fraction of sp³-hybridized carbons (Fsp3) is 0.429. The summed E-state index contributed by atoms with van der Waals surface area (Å²) in [5.74, 6) is 0.838. The molecule has 2 aromatic rings. The summed E-state index contributed by atoms with van der Waals surface area (Å²) in [6.07, 6.45) is 5.05. The Morgan fingerprint density at radius 1 is 1.26 bits per heavy atom. The van der Waals surface area contributed by atoms with E-state index in [0.29, 0.717) is 38.0 Å². The number of hydrogen-bond donors (Lipinski definition) is 1. The van der Waals surface area contributed by atoms with E-state index in [-0.39, 0.29) is 17.7 Å². The molecule has 1 N–H and O–H groups in total. The highest BCUT2D eigenvalue weighted by atomic mass is 16.5. The van der Waals surface area contributed by atoms with Gasteiger partial charge in [0.2, 0.25) is 5.91 Å². The molecular formula is C21H26N2O4. The first-order chi connectivity index (χ1) is 13.1. The largest absolute Gasteiger partial charge is 0.496 e. The monoisotopic (exact) mass is 370 g/mol. The maximum absolute atomic E-state index is 12.5. The quantitative estimate of drug-likeness (QED) is 0.849. The number of hydrogen-bond acceptors (Lipinski definition) is 4. The molecule has 3 rings (SSSR count). The van der Waals surface area contributed by atoms with Crippen molar-refractivity contribution in [3.8, 4) is 5.75 Å². The molecule has 1 saturated heterocycles. The van der Waals surface area contributed by atoms with E-state index in [4.69, 9.17) is 9.15 Å². The van der Waals surface area contributed by atoms with Crippen LogP contribution in [0.15, 0.2) is 41.2 Å². The molecule has 2 heterocycles. The van der Waals surface area contributed by atoms with E-state index < -0.39 is 0 Å². The van der Waals surface area contributed by atoms with Gasteiger partial charge in [0, 0.05) is 25.6 Å². The Morgan fingerprint density at radius 2 is 2.04 bits per heavy atom. The number of carbonyl (C=O) groups is 2. The summed E-state index contributed by atoms with van der Waals surface area (Å²) in [4.78, 5) is 26.5. The zero-order valence-electron chi connectivity index (χ0n) is 15.9. The molecule has 1 fully saturated rings. The van der Waals surface area contributed by atoms with Crippen molar-refractivity contribution in [1.29, 1.82) is 0 Å². The molecule has 0 saturated carbocycles. The third-order valence-corrected chi connectivity index (χ3v) is 5.05. The van der Waals surface area contributed by atoms with E-state index in [9.17, 15) is 9.59 Å². The first-order valence-electron chi connectivity index (χ1n) is 9.31. The molecule has 0 unspecified atom stereocenters. The van der Waals surface area contributed by atoms with Crippen LogP contribution in [-0.2, 0) is 11.2 Å². The molecular weight excluding hydrogens is 344 g/mol. The number of furan rings is 1. The lowest BCUT2D eigenvalue weighted by molar-refractivity contribution is -0.126. The minimum Gasteiger partial charge on any atom is -0.496 e. The summed E-state index contributed by atoms with van der Waals surface area (Å²) in [5, 5.41) is 3.03. The van der Waals surface area contributed by atoms with Crippen LogP contribution >= 0.6 is 0 Å². The number of nitrogens with one attached hydrogen (secondary N) is 1. The van der Waals surface area contributed by atoms with Gasteiger partial charge in [0.05, 0.1) is 18.9 Å². The van der Waals surface area contributed by atoms with E-state index >= 15 is 0 Å². The fourth-order valence-corrected chi connectivity index (χ4v) is 3.48. The Bertz CT molecular complexity index is 777. The Kier molecular flexibility index (Phi) is 6.16. The first kappa shape index (κ1) is 19.0. The van der Waals surface area contributed by atoms with Gasteiger partial charge in [-0.05, 0) is 43.9 Å². The molecule has 0 radical (unpaired) electrons. The van der Waals surface area contributed by atoms with Gasteiger partial charge in [0.1, 0.15) is 12.0 Å². The maximum atomic E-state index is 12.5.